The second kappa shape index (κ2) is 7.79. The van der Waals surface area contributed by atoms with Gasteiger partial charge in [0.15, 0.2) is 9.84 Å². The van der Waals surface area contributed by atoms with Crippen LogP contribution < -0.4 is 5.32 Å². The molecule has 3 rings (SSSR count). The van der Waals surface area contributed by atoms with E-state index in [1.165, 1.54) is 6.92 Å². The number of nitrogens with one attached hydrogen (secondary N) is 1. The molecule has 3 fully saturated rings. The van der Waals surface area contributed by atoms with Crippen molar-refractivity contribution in [2.24, 2.45) is 0 Å². The van der Waals surface area contributed by atoms with Gasteiger partial charge in [0, 0.05) is 39.5 Å². The Morgan fingerprint density at radius 2 is 1.92 bits per heavy atom. The van der Waals surface area contributed by atoms with Gasteiger partial charge in [-0.05, 0) is 0 Å². The smallest absolute Gasteiger partial charge is 0.224 e. The first-order valence-electron chi connectivity index (χ1n) is 8.98. The predicted octanol–water partition coefficient (Wildman–Crippen LogP) is -1.76. The topological polar surface area (TPSA) is 105 Å². The minimum Gasteiger partial charge on any atom is -0.379 e. The zero-order chi connectivity index (χ0) is 18.8. The van der Waals surface area contributed by atoms with Gasteiger partial charge in [-0.1, -0.05) is 0 Å². The number of rotatable bonds is 5. The van der Waals surface area contributed by atoms with Crippen LogP contribution in [0.4, 0.5) is 0 Å². The summed E-state index contributed by atoms with van der Waals surface area (Å²) < 4.78 is 36.6. The zero-order valence-electron chi connectivity index (χ0n) is 15.1. The maximum Gasteiger partial charge on any atom is 0.224 e. The van der Waals surface area contributed by atoms with Gasteiger partial charge in [0.25, 0.3) is 0 Å². The molecule has 9 nitrogen and oxygen atoms in total. The van der Waals surface area contributed by atoms with E-state index in [1.807, 2.05) is 0 Å². The minimum absolute atomic E-state index is 0.0372. The number of hydrogen-bond donors (Lipinski definition) is 1. The summed E-state index contributed by atoms with van der Waals surface area (Å²) in [5, 5.41) is 2.06. The minimum atomic E-state index is -3.27. The van der Waals surface area contributed by atoms with E-state index in [9.17, 15) is 18.0 Å². The van der Waals surface area contributed by atoms with Gasteiger partial charge in [-0.2, -0.15) is 0 Å². The standard InChI is InChI=1S/C16H27N3O6S/c1-13(20)17-3-2-15(21)19-10-16(11-19)12-26(22,23)14(9-25-16)8-18-4-6-24-7-5-18/h14H,2-12H2,1H3,(H,17,20)/t14-/m0/s1. The molecule has 26 heavy (non-hydrogen) atoms. The van der Waals surface area contributed by atoms with Gasteiger partial charge in [0.2, 0.25) is 11.8 Å². The highest BCUT2D eigenvalue weighted by molar-refractivity contribution is 7.92. The molecular formula is C16H27N3O6S. The molecule has 3 aliphatic heterocycles. The highest BCUT2D eigenvalue weighted by Crippen LogP contribution is 2.33. The summed E-state index contributed by atoms with van der Waals surface area (Å²) in [6.45, 7) is 5.69. The molecule has 0 saturated carbocycles. The van der Waals surface area contributed by atoms with Gasteiger partial charge < -0.3 is 19.7 Å². The number of amides is 2. The van der Waals surface area contributed by atoms with Gasteiger partial charge in [-0.3, -0.25) is 14.5 Å². The summed E-state index contributed by atoms with van der Waals surface area (Å²) in [5.74, 6) is -0.309. The summed E-state index contributed by atoms with van der Waals surface area (Å²) in [7, 11) is -3.27. The van der Waals surface area contributed by atoms with Crippen LogP contribution in [0.25, 0.3) is 0 Å². The molecule has 2 amide bonds. The van der Waals surface area contributed by atoms with Crippen LogP contribution in [0.5, 0.6) is 0 Å². The van der Waals surface area contributed by atoms with Crippen LogP contribution in [-0.4, -0.2) is 106 Å². The number of carbonyl (C=O) groups excluding carboxylic acids is 2. The predicted molar refractivity (Wildman–Crippen MR) is 93.4 cm³/mol. The molecule has 10 heteroatoms. The van der Waals surface area contributed by atoms with E-state index in [0.717, 1.165) is 13.1 Å². The molecule has 0 bridgehead atoms. The van der Waals surface area contributed by atoms with Crippen molar-refractivity contribution in [1.82, 2.24) is 15.1 Å². The highest BCUT2D eigenvalue weighted by atomic mass is 32.2. The molecule has 1 atom stereocenters. The van der Waals surface area contributed by atoms with E-state index in [2.05, 4.69) is 10.2 Å². The molecule has 3 saturated heterocycles. The third kappa shape index (κ3) is 4.54. The van der Waals surface area contributed by atoms with E-state index in [-0.39, 0.29) is 30.6 Å². The number of morpholine rings is 1. The normalized spacial score (nSPS) is 27.7. The fourth-order valence-electron chi connectivity index (χ4n) is 3.65. The average molecular weight is 389 g/mol. The first-order chi connectivity index (χ1) is 12.3. The summed E-state index contributed by atoms with van der Waals surface area (Å²) in [4.78, 5) is 26.6. The summed E-state index contributed by atoms with van der Waals surface area (Å²) in [6, 6.07) is 0. The molecule has 1 spiro atoms. The number of nitrogens with zero attached hydrogens (tertiary/aromatic N) is 2. The Morgan fingerprint density at radius 3 is 2.54 bits per heavy atom. The van der Waals surface area contributed by atoms with E-state index in [1.54, 1.807) is 4.90 Å². The highest BCUT2D eigenvalue weighted by Gasteiger charge is 2.53. The maximum atomic E-state index is 12.7. The first kappa shape index (κ1) is 19.5. The molecule has 148 valence electrons. The molecule has 0 unspecified atom stereocenters. The largest absolute Gasteiger partial charge is 0.379 e. The van der Waals surface area contributed by atoms with Crippen molar-refractivity contribution in [2.45, 2.75) is 24.2 Å². The molecule has 0 radical (unpaired) electrons. The van der Waals surface area contributed by atoms with Crippen molar-refractivity contribution in [3.63, 3.8) is 0 Å². The molecule has 0 aromatic carbocycles. The third-order valence-electron chi connectivity index (χ3n) is 5.14. The number of ether oxygens (including phenoxy) is 2. The summed E-state index contributed by atoms with van der Waals surface area (Å²) in [6.07, 6.45) is 0.210. The number of likely N-dealkylation sites (tertiary alicyclic amines) is 1. The monoisotopic (exact) mass is 389 g/mol. The van der Waals surface area contributed by atoms with Crippen LogP contribution in [-0.2, 0) is 28.9 Å². The van der Waals surface area contributed by atoms with Crippen molar-refractivity contribution in [1.29, 1.82) is 0 Å². The second-order valence-electron chi connectivity index (χ2n) is 7.32. The Hall–Kier alpha value is -1.23. The quantitative estimate of drug-likeness (QED) is 0.594. The molecule has 3 aliphatic rings. The Kier molecular flexibility index (Phi) is 5.85. The number of carbonyl (C=O) groups is 2. The number of sulfone groups is 1. The van der Waals surface area contributed by atoms with Gasteiger partial charge in [0.05, 0.1) is 43.9 Å². The lowest BCUT2D eigenvalue weighted by atomic mass is 9.95. The fourth-order valence-corrected chi connectivity index (χ4v) is 5.60. The Balaban J connectivity index is 1.47. The average Bonchev–Trinajstić information content (AvgIpc) is 2.55. The number of hydrogen-bond acceptors (Lipinski definition) is 7. The van der Waals surface area contributed by atoms with Crippen LogP contribution in [0.1, 0.15) is 13.3 Å². The van der Waals surface area contributed by atoms with E-state index >= 15 is 0 Å². The van der Waals surface area contributed by atoms with Gasteiger partial charge in [-0.15, -0.1) is 0 Å². The molecule has 3 heterocycles. The lowest BCUT2D eigenvalue weighted by Crippen LogP contribution is -2.71. The summed E-state index contributed by atoms with van der Waals surface area (Å²) >= 11 is 0. The van der Waals surface area contributed by atoms with Crippen LogP contribution in [0.15, 0.2) is 0 Å². The first-order valence-corrected chi connectivity index (χ1v) is 10.7. The SMILES string of the molecule is CC(=O)NCCC(=O)N1CC2(C1)CS(=O)(=O)[C@@H](CN1CCOCC1)CO2. The maximum absolute atomic E-state index is 12.7. The van der Waals surface area contributed by atoms with Crippen LogP contribution in [0.2, 0.25) is 0 Å². The molecule has 0 aromatic heterocycles. The summed E-state index contributed by atoms with van der Waals surface area (Å²) in [5.41, 5.74) is -0.760. The lowest BCUT2D eigenvalue weighted by Gasteiger charge is -2.52. The van der Waals surface area contributed by atoms with Crippen molar-refractivity contribution in [3.8, 4) is 0 Å². The van der Waals surface area contributed by atoms with E-state index in [0.29, 0.717) is 39.4 Å². The van der Waals surface area contributed by atoms with E-state index in [4.69, 9.17) is 9.47 Å². The molecule has 0 aliphatic carbocycles. The van der Waals surface area contributed by atoms with Crippen molar-refractivity contribution >= 4 is 21.7 Å². The van der Waals surface area contributed by atoms with Crippen LogP contribution in [0, 0.1) is 0 Å². The van der Waals surface area contributed by atoms with Crippen LogP contribution >= 0.6 is 0 Å². The molecule has 1 N–H and O–H groups in total. The van der Waals surface area contributed by atoms with Gasteiger partial charge in [0.1, 0.15) is 5.60 Å². The van der Waals surface area contributed by atoms with Crippen molar-refractivity contribution in [3.05, 3.63) is 0 Å². The lowest BCUT2D eigenvalue weighted by molar-refractivity contribution is -0.165. The zero-order valence-corrected chi connectivity index (χ0v) is 15.9. The van der Waals surface area contributed by atoms with Gasteiger partial charge >= 0.3 is 0 Å². The van der Waals surface area contributed by atoms with Crippen molar-refractivity contribution < 1.29 is 27.5 Å². The fraction of sp³-hybridized carbons (Fsp3) is 0.875. The van der Waals surface area contributed by atoms with Crippen molar-refractivity contribution in [2.75, 3.05) is 64.8 Å². The van der Waals surface area contributed by atoms with Crippen LogP contribution in [0.3, 0.4) is 0 Å². The van der Waals surface area contributed by atoms with E-state index < -0.39 is 20.7 Å². The Morgan fingerprint density at radius 1 is 1.23 bits per heavy atom. The third-order valence-corrected chi connectivity index (χ3v) is 7.37. The Bertz CT molecular complexity index is 640. The van der Waals surface area contributed by atoms with Gasteiger partial charge in [-0.25, -0.2) is 8.42 Å². The molecule has 0 aromatic rings. The Labute approximate surface area is 153 Å². The molecular weight excluding hydrogens is 362 g/mol. The second-order valence-corrected chi connectivity index (χ2v) is 9.60.